The Bertz CT molecular complexity index is 970. The van der Waals surface area contributed by atoms with Gasteiger partial charge in [-0.15, -0.1) is 0 Å². The lowest BCUT2D eigenvalue weighted by Crippen LogP contribution is -2.44. The lowest BCUT2D eigenvalue weighted by Gasteiger charge is -2.28. The van der Waals surface area contributed by atoms with Crippen LogP contribution in [0.5, 0.6) is 0 Å². The second-order valence-electron chi connectivity index (χ2n) is 8.27. The molecule has 0 spiro atoms. The minimum atomic E-state index is -3.13. The molecule has 1 aliphatic carbocycles. The summed E-state index contributed by atoms with van der Waals surface area (Å²) in [6.07, 6.45) is 5.46. The number of hydrazone groups is 1. The molecule has 2 atom stereocenters. The van der Waals surface area contributed by atoms with Crippen molar-refractivity contribution in [3.8, 4) is 0 Å². The van der Waals surface area contributed by atoms with E-state index in [1.165, 1.54) is 29.0 Å². The van der Waals surface area contributed by atoms with Crippen molar-refractivity contribution in [3.63, 3.8) is 0 Å². The van der Waals surface area contributed by atoms with Crippen LogP contribution in [0.2, 0.25) is 0 Å². The second-order valence-corrected chi connectivity index (χ2v) is 10.5. The highest BCUT2D eigenvalue weighted by Crippen LogP contribution is 2.25. The van der Waals surface area contributed by atoms with E-state index >= 15 is 0 Å². The summed E-state index contributed by atoms with van der Waals surface area (Å²) in [5.41, 5.74) is 4.11. The molecule has 1 N–H and O–H groups in total. The fraction of sp³-hybridized carbons (Fsp3) is 0.571. The van der Waals surface area contributed by atoms with Crippen LogP contribution in [0.25, 0.3) is 0 Å². The van der Waals surface area contributed by atoms with E-state index in [0.29, 0.717) is 12.1 Å². The van der Waals surface area contributed by atoms with Crippen molar-refractivity contribution < 1.29 is 18.0 Å². The monoisotopic (exact) mass is 417 g/mol. The van der Waals surface area contributed by atoms with Crippen LogP contribution in [0.15, 0.2) is 23.3 Å². The zero-order valence-corrected chi connectivity index (χ0v) is 17.5. The molecule has 2 heterocycles. The molecule has 1 aromatic rings. The van der Waals surface area contributed by atoms with Crippen LogP contribution in [0.4, 0.5) is 0 Å². The number of fused-ring (bicyclic) bond motifs is 1. The molecule has 0 saturated carbocycles. The molecular weight excluding hydrogens is 390 g/mol. The first-order valence-electron chi connectivity index (χ1n) is 10.3. The quantitative estimate of drug-likeness (QED) is 0.809. The van der Waals surface area contributed by atoms with Gasteiger partial charge in [-0.1, -0.05) is 18.2 Å². The summed E-state index contributed by atoms with van der Waals surface area (Å²) in [4.78, 5) is 25.0. The fourth-order valence-corrected chi connectivity index (χ4v) is 6.07. The van der Waals surface area contributed by atoms with Crippen molar-refractivity contribution in [3.05, 3.63) is 34.9 Å². The highest BCUT2D eigenvalue weighted by atomic mass is 32.2. The van der Waals surface area contributed by atoms with Crippen LogP contribution < -0.4 is 5.32 Å². The Morgan fingerprint density at radius 3 is 2.66 bits per heavy atom. The van der Waals surface area contributed by atoms with Crippen molar-refractivity contribution in [1.82, 2.24) is 10.3 Å². The van der Waals surface area contributed by atoms with Gasteiger partial charge in [-0.25, -0.2) is 13.4 Å². The Morgan fingerprint density at radius 2 is 1.93 bits per heavy atom. The number of sulfone groups is 1. The van der Waals surface area contributed by atoms with Crippen LogP contribution in [-0.4, -0.2) is 48.5 Å². The third-order valence-corrected chi connectivity index (χ3v) is 7.85. The number of carbonyl (C=O) groups excluding carboxylic acids is 2. The topological polar surface area (TPSA) is 95.9 Å². The molecule has 29 heavy (non-hydrogen) atoms. The Morgan fingerprint density at radius 1 is 1.17 bits per heavy atom. The number of hydrogen-bond acceptors (Lipinski definition) is 5. The molecule has 0 aromatic heterocycles. The summed E-state index contributed by atoms with van der Waals surface area (Å²) >= 11 is 0. The lowest BCUT2D eigenvalue weighted by molar-refractivity contribution is -0.133. The van der Waals surface area contributed by atoms with Gasteiger partial charge < -0.3 is 5.32 Å². The van der Waals surface area contributed by atoms with E-state index in [9.17, 15) is 18.0 Å². The van der Waals surface area contributed by atoms with Gasteiger partial charge in [0, 0.05) is 12.8 Å². The standard InChI is InChI=1S/C21H27N3O4S/c1-14(16-7-6-15-4-2-3-5-17(15)12-16)22-21(26)19-8-9-20(25)24(23-19)18-10-11-29(27,28)13-18/h6-7,12,14,18H,2-5,8-11,13H2,1H3,(H,22,26)/t14-,18+/m1/s1. The van der Waals surface area contributed by atoms with Gasteiger partial charge >= 0.3 is 0 Å². The van der Waals surface area contributed by atoms with Crippen molar-refractivity contribution >= 4 is 27.4 Å². The van der Waals surface area contributed by atoms with Crippen molar-refractivity contribution in [1.29, 1.82) is 0 Å². The van der Waals surface area contributed by atoms with Gasteiger partial charge in [-0.3, -0.25) is 9.59 Å². The molecule has 1 saturated heterocycles. The van der Waals surface area contributed by atoms with E-state index in [0.717, 1.165) is 18.4 Å². The maximum absolute atomic E-state index is 12.8. The van der Waals surface area contributed by atoms with Gasteiger partial charge in [0.2, 0.25) is 5.91 Å². The maximum Gasteiger partial charge on any atom is 0.267 e. The first-order chi connectivity index (χ1) is 13.8. The van der Waals surface area contributed by atoms with Crippen LogP contribution in [0.3, 0.4) is 0 Å². The summed E-state index contributed by atoms with van der Waals surface area (Å²) in [7, 11) is -3.13. The van der Waals surface area contributed by atoms with Crippen LogP contribution in [-0.2, 0) is 32.3 Å². The molecule has 0 radical (unpaired) electrons. The number of hydrogen-bond donors (Lipinski definition) is 1. The molecule has 2 aliphatic heterocycles. The summed E-state index contributed by atoms with van der Waals surface area (Å²) in [5, 5.41) is 8.47. The van der Waals surface area contributed by atoms with Crippen LogP contribution in [0, 0.1) is 0 Å². The van der Waals surface area contributed by atoms with Gasteiger partial charge in [0.05, 0.1) is 23.6 Å². The van der Waals surface area contributed by atoms with Crippen molar-refractivity contribution in [2.24, 2.45) is 5.10 Å². The van der Waals surface area contributed by atoms with Crippen molar-refractivity contribution in [2.45, 2.75) is 64.0 Å². The SMILES string of the molecule is C[C@@H](NC(=O)C1=NN([C@H]2CCS(=O)(=O)C2)C(=O)CC1)c1ccc2c(c1)CCCC2. The smallest absolute Gasteiger partial charge is 0.267 e. The molecule has 0 bridgehead atoms. The van der Waals surface area contributed by atoms with E-state index in [4.69, 9.17) is 0 Å². The predicted molar refractivity (Wildman–Crippen MR) is 110 cm³/mol. The molecule has 3 aliphatic rings. The zero-order valence-electron chi connectivity index (χ0n) is 16.7. The highest BCUT2D eigenvalue weighted by molar-refractivity contribution is 7.91. The lowest BCUT2D eigenvalue weighted by atomic mass is 9.89. The van der Waals surface area contributed by atoms with Gasteiger partial charge in [0.1, 0.15) is 5.71 Å². The Hall–Kier alpha value is -2.22. The predicted octanol–water partition coefficient (Wildman–Crippen LogP) is 1.91. The second kappa shape index (κ2) is 7.89. The third kappa shape index (κ3) is 4.37. The van der Waals surface area contributed by atoms with Gasteiger partial charge in [0.25, 0.3) is 5.91 Å². The third-order valence-electron chi connectivity index (χ3n) is 6.10. The van der Waals surface area contributed by atoms with E-state index in [1.807, 2.05) is 6.92 Å². The summed E-state index contributed by atoms with van der Waals surface area (Å²) in [6.45, 7) is 1.94. The molecular formula is C21H27N3O4S. The molecule has 2 amide bonds. The normalized spacial score (nSPS) is 24.6. The Labute approximate surface area is 171 Å². The number of nitrogens with one attached hydrogen (secondary N) is 1. The molecule has 4 rings (SSSR count). The summed E-state index contributed by atoms with van der Waals surface area (Å²) in [6, 6.07) is 5.77. The average molecular weight is 418 g/mol. The first-order valence-corrected chi connectivity index (χ1v) is 12.2. The number of carbonyl (C=O) groups is 2. The fourth-order valence-electron chi connectivity index (χ4n) is 4.37. The Kier molecular flexibility index (Phi) is 5.46. The molecule has 0 unspecified atom stereocenters. The minimum absolute atomic E-state index is 0.0634. The van der Waals surface area contributed by atoms with Gasteiger partial charge in [0.15, 0.2) is 9.84 Å². The average Bonchev–Trinajstić information content (AvgIpc) is 3.07. The Balaban J connectivity index is 1.46. The number of amides is 2. The molecule has 7 nitrogen and oxygen atoms in total. The van der Waals surface area contributed by atoms with E-state index in [2.05, 4.69) is 28.6 Å². The van der Waals surface area contributed by atoms with E-state index < -0.39 is 15.9 Å². The van der Waals surface area contributed by atoms with Gasteiger partial charge in [-0.2, -0.15) is 5.10 Å². The molecule has 156 valence electrons. The summed E-state index contributed by atoms with van der Waals surface area (Å²) in [5.74, 6) is -0.531. The number of benzene rings is 1. The highest BCUT2D eigenvalue weighted by Gasteiger charge is 2.37. The molecule has 8 heteroatoms. The maximum atomic E-state index is 12.8. The van der Waals surface area contributed by atoms with Crippen LogP contribution >= 0.6 is 0 Å². The van der Waals surface area contributed by atoms with E-state index in [-0.39, 0.29) is 42.2 Å². The van der Waals surface area contributed by atoms with Crippen LogP contribution in [0.1, 0.15) is 61.8 Å². The van der Waals surface area contributed by atoms with Gasteiger partial charge in [-0.05, 0) is 55.7 Å². The van der Waals surface area contributed by atoms with E-state index in [1.54, 1.807) is 0 Å². The minimum Gasteiger partial charge on any atom is -0.344 e. The first kappa shape index (κ1) is 20.1. The molecule has 1 aromatic carbocycles. The largest absolute Gasteiger partial charge is 0.344 e. The van der Waals surface area contributed by atoms with Crippen molar-refractivity contribution in [2.75, 3.05) is 11.5 Å². The molecule has 1 fully saturated rings. The summed E-state index contributed by atoms with van der Waals surface area (Å²) < 4.78 is 23.5. The number of aryl methyl sites for hydroxylation is 2. The number of rotatable bonds is 4. The zero-order chi connectivity index (χ0) is 20.6. The number of nitrogens with zero attached hydrogens (tertiary/aromatic N) is 2.